The van der Waals surface area contributed by atoms with Gasteiger partial charge in [0.25, 0.3) is 0 Å². The van der Waals surface area contributed by atoms with E-state index in [1.54, 1.807) is 31.4 Å². The van der Waals surface area contributed by atoms with E-state index in [1.165, 1.54) is 0 Å². The molecule has 24 heavy (non-hydrogen) atoms. The number of hydrogen-bond donors (Lipinski definition) is 2. The van der Waals surface area contributed by atoms with Crippen molar-refractivity contribution in [2.24, 2.45) is 0 Å². The summed E-state index contributed by atoms with van der Waals surface area (Å²) in [6.07, 6.45) is -0.612. The molecule has 6 heteroatoms. The Kier molecular flexibility index (Phi) is 6.19. The molecule has 0 fully saturated rings. The quantitative estimate of drug-likeness (QED) is 0.804. The molecule has 0 saturated heterocycles. The predicted octanol–water partition coefficient (Wildman–Crippen LogP) is 2.62. The Balaban J connectivity index is 1.90. The lowest BCUT2D eigenvalue weighted by Crippen LogP contribution is -2.42. The second-order valence-electron chi connectivity index (χ2n) is 5.15. The van der Waals surface area contributed by atoms with Gasteiger partial charge in [0.15, 0.2) is 0 Å². The van der Waals surface area contributed by atoms with Crippen LogP contribution >= 0.6 is 0 Å². The molecule has 0 unspecified atom stereocenters. The number of carboxylic acids is 1. The third kappa shape index (κ3) is 5.31. The van der Waals surface area contributed by atoms with E-state index in [2.05, 4.69) is 5.32 Å². The zero-order valence-corrected chi connectivity index (χ0v) is 13.3. The van der Waals surface area contributed by atoms with Crippen molar-refractivity contribution in [2.75, 3.05) is 7.11 Å². The van der Waals surface area contributed by atoms with E-state index in [1.807, 2.05) is 30.3 Å². The van der Waals surface area contributed by atoms with E-state index in [9.17, 15) is 14.7 Å². The van der Waals surface area contributed by atoms with Gasteiger partial charge in [-0.3, -0.25) is 0 Å². The van der Waals surface area contributed by atoms with Crippen LogP contribution in [-0.4, -0.2) is 30.3 Å². The Bertz CT molecular complexity index is 670. The van der Waals surface area contributed by atoms with Crippen LogP contribution in [0, 0.1) is 0 Å². The Hall–Kier alpha value is -3.02. The molecule has 0 saturated carbocycles. The summed E-state index contributed by atoms with van der Waals surface area (Å²) >= 11 is 0. The second-order valence-corrected chi connectivity index (χ2v) is 5.15. The summed E-state index contributed by atoms with van der Waals surface area (Å²) in [6, 6.07) is 15.1. The largest absolute Gasteiger partial charge is 0.497 e. The van der Waals surface area contributed by atoms with Gasteiger partial charge in [0.2, 0.25) is 0 Å². The third-order valence-electron chi connectivity index (χ3n) is 3.40. The van der Waals surface area contributed by atoms with Crippen molar-refractivity contribution in [1.29, 1.82) is 0 Å². The Morgan fingerprint density at radius 3 is 2.58 bits per heavy atom. The number of benzene rings is 2. The topological polar surface area (TPSA) is 84.9 Å². The second kappa shape index (κ2) is 8.57. The first-order valence-electron chi connectivity index (χ1n) is 7.41. The molecule has 2 N–H and O–H groups in total. The summed E-state index contributed by atoms with van der Waals surface area (Å²) in [7, 11) is 1.55. The van der Waals surface area contributed by atoms with E-state index in [-0.39, 0.29) is 13.0 Å². The number of amides is 1. The van der Waals surface area contributed by atoms with Gasteiger partial charge in [-0.2, -0.15) is 0 Å². The molecule has 0 radical (unpaired) electrons. The number of ether oxygens (including phenoxy) is 2. The van der Waals surface area contributed by atoms with Crippen molar-refractivity contribution in [3.05, 3.63) is 65.7 Å². The number of aliphatic carboxylic acids is 1. The van der Waals surface area contributed by atoms with Gasteiger partial charge < -0.3 is 19.9 Å². The maximum atomic E-state index is 11.8. The van der Waals surface area contributed by atoms with Gasteiger partial charge in [0.1, 0.15) is 18.4 Å². The molecule has 0 bridgehead atoms. The lowest BCUT2D eigenvalue weighted by molar-refractivity contribution is -0.139. The van der Waals surface area contributed by atoms with E-state index in [0.717, 1.165) is 11.1 Å². The molecular weight excluding hydrogens is 328 g/mol. The molecule has 0 aliphatic carbocycles. The molecule has 1 amide bonds. The van der Waals surface area contributed by atoms with Crippen molar-refractivity contribution in [2.45, 2.75) is 19.1 Å². The summed E-state index contributed by atoms with van der Waals surface area (Å²) in [6.45, 7) is 0.0849. The summed E-state index contributed by atoms with van der Waals surface area (Å²) < 4.78 is 10.1. The van der Waals surface area contributed by atoms with Crippen molar-refractivity contribution in [1.82, 2.24) is 5.32 Å². The molecule has 0 spiro atoms. The molecule has 2 rings (SSSR count). The van der Waals surface area contributed by atoms with E-state index in [4.69, 9.17) is 9.47 Å². The number of nitrogens with one attached hydrogen (secondary N) is 1. The zero-order chi connectivity index (χ0) is 17.4. The maximum Gasteiger partial charge on any atom is 0.408 e. The number of hydrogen-bond acceptors (Lipinski definition) is 4. The molecule has 0 heterocycles. The van der Waals surface area contributed by atoms with Crippen LogP contribution in [0.3, 0.4) is 0 Å². The van der Waals surface area contributed by atoms with Crippen LogP contribution in [0.25, 0.3) is 0 Å². The molecule has 2 aromatic rings. The standard InChI is InChI=1S/C18H19NO5/c1-23-15-9-7-13(8-10-15)11-16(17(20)21)19-18(22)24-12-14-5-3-2-4-6-14/h2-10,16H,11-12H2,1H3,(H,19,22)(H,20,21)/t16-/m0/s1/i7+2,8+2,9+2,10+2,11+2,13+2,15+2,16+2,17+2. The number of carbonyl (C=O) groups excluding carboxylic acids is 1. The average molecular weight is 347 g/mol. The van der Waals surface area contributed by atoms with Gasteiger partial charge in [-0.25, -0.2) is 9.59 Å². The first-order chi connectivity index (χ1) is 11.6. The minimum absolute atomic E-state index is 0.0849. The number of methoxy groups -OCH3 is 1. The third-order valence-corrected chi connectivity index (χ3v) is 3.40. The van der Waals surface area contributed by atoms with Crippen LogP contribution < -0.4 is 10.1 Å². The molecule has 6 nitrogen and oxygen atoms in total. The highest BCUT2D eigenvalue weighted by molar-refractivity contribution is 5.80. The lowest BCUT2D eigenvalue weighted by atomic mass is 10.2. The van der Waals surface area contributed by atoms with Gasteiger partial charge in [-0.05, 0) is 23.3 Å². The predicted molar refractivity (Wildman–Crippen MR) is 87.9 cm³/mol. The van der Waals surface area contributed by atoms with E-state index in [0.29, 0.717) is 5.75 Å². The van der Waals surface area contributed by atoms with Gasteiger partial charge in [-0.15, -0.1) is 0 Å². The Morgan fingerprint density at radius 1 is 1.33 bits per heavy atom. The highest BCUT2D eigenvalue weighted by atomic mass is 16.7. The molecular formula is C18H19NO5. The van der Waals surface area contributed by atoms with Crippen molar-refractivity contribution >= 4 is 12.1 Å². The molecule has 0 aromatic heterocycles. The van der Waals surface area contributed by atoms with Crippen molar-refractivity contribution < 1.29 is 24.2 Å². The summed E-state index contributed by atoms with van der Waals surface area (Å²) in [4.78, 5) is 23.1. The number of alkyl carbamates (subject to hydrolysis) is 1. The summed E-state index contributed by atoms with van der Waals surface area (Å²) in [5.74, 6) is -0.441. The maximum absolute atomic E-state index is 11.8. The van der Waals surface area contributed by atoms with E-state index >= 15 is 0 Å². The van der Waals surface area contributed by atoms with Crippen LogP contribution in [0.4, 0.5) is 4.79 Å². The van der Waals surface area contributed by atoms with Gasteiger partial charge in [0.05, 0.1) is 7.11 Å². The highest BCUT2D eigenvalue weighted by Gasteiger charge is 2.21. The molecule has 2 aromatic carbocycles. The number of carbonyl (C=O) groups is 2. The van der Waals surface area contributed by atoms with E-state index < -0.39 is 18.1 Å². The zero-order valence-electron chi connectivity index (χ0n) is 13.3. The average Bonchev–Trinajstić information content (AvgIpc) is 2.61. The Labute approximate surface area is 140 Å². The first kappa shape index (κ1) is 17.3. The van der Waals surface area contributed by atoms with Gasteiger partial charge >= 0.3 is 12.1 Å². The van der Waals surface area contributed by atoms with Crippen molar-refractivity contribution in [3.8, 4) is 5.75 Å². The number of rotatable bonds is 7. The molecule has 126 valence electrons. The van der Waals surface area contributed by atoms with Crippen LogP contribution in [0.1, 0.15) is 11.1 Å². The highest BCUT2D eigenvalue weighted by Crippen LogP contribution is 2.13. The first-order valence-corrected chi connectivity index (χ1v) is 7.41. The lowest BCUT2D eigenvalue weighted by Gasteiger charge is -2.15. The molecule has 1 atom stereocenters. The minimum Gasteiger partial charge on any atom is -0.497 e. The molecule has 0 aliphatic heterocycles. The summed E-state index contributed by atoms with van der Waals surface area (Å²) in [5.41, 5.74) is 1.60. The van der Waals surface area contributed by atoms with Crippen LogP contribution in [0.5, 0.6) is 5.75 Å². The Morgan fingerprint density at radius 2 is 2.00 bits per heavy atom. The summed E-state index contributed by atoms with van der Waals surface area (Å²) in [5, 5.41) is 11.6. The van der Waals surface area contributed by atoms with Crippen LogP contribution in [0.2, 0.25) is 0 Å². The molecule has 0 aliphatic rings. The smallest absolute Gasteiger partial charge is 0.408 e. The van der Waals surface area contributed by atoms with Gasteiger partial charge in [0, 0.05) is 6.42 Å². The van der Waals surface area contributed by atoms with Crippen LogP contribution in [-0.2, 0) is 22.6 Å². The van der Waals surface area contributed by atoms with Gasteiger partial charge in [-0.1, -0.05) is 42.5 Å². The van der Waals surface area contributed by atoms with Crippen LogP contribution in [0.15, 0.2) is 54.6 Å². The minimum atomic E-state index is -1.12. The number of carboxylic acid groups (broad SMARTS) is 1. The fraction of sp³-hybridized carbons (Fsp3) is 0.222. The fourth-order valence-electron chi connectivity index (χ4n) is 2.10. The monoisotopic (exact) mass is 347 g/mol. The normalized spacial score (nSPS) is 11.4. The fourth-order valence-corrected chi connectivity index (χ4v) is 2.10. The van der Waals surface area contributed by atoms with Crippen molar-refractivity contribution in [3.63, 3.8) is 0 Å². The SMILES string of the molecule is CO[14c]1[14cH][14cH][14c]([14CH2][14C@H](NC(=O)OCc2ccccc2)[14C](=O)O)[14cH][14cH]1.